The van der Waals surface area contributed by atoms with Crippen LogP contribution in [0.1, 0.15) is 23.4 Å². The zero-order chi connectivity index (χ0) is 18.3. The van der Waals surface area contributed by atoms with E-state index in [9.17, 15) is 13.2 Å². The summed E-state index contributed by atoms with van der Waals surface area (Å²) >= 11 is 0. The number of alkyl halides is 3. The van der Waals surface area contributed by atoms with Gasteiger partial charge in [-0.15, -0.1) is 0 Å². The number of likely N-dealkylation sites (tertiary alicyclic amines) is 1. The summed E-state index contributed by atoms with van der Waals surface area (Å²) in [5.74, 6) is 0. The van der Waals surface area contributed by atoms with Crippen molar-refractivity contribution in [2.45, 2.75) is 31.2 Å². The van der Waals surface area contributed by atoms with E-state index >= 15 is 0 Å². The lowest BCUT2D eigenvalue weighted by Gasteiger charge is -2.35. The first-order chi connectivity index (χ1) is 12.4. The van der Waals surface area contributed by atoms with E-state index < -0.39 is 11.9 Å². The number of hydrogen-bond acceptors (Lipinski definition) is 5. The highest BCUT2D eigenvalue weighted by atomic mass is 19.4. The Balaban J connectivity index is 1.40. The van der Waals surface area contributed by atoms with Crippen molar-refractivity contribution in [3.63, 3.8) is 0 Å². The molecule has 2 aliphatic rings. The summed E-state index contributed by atoms with van der Waals surface area (Å²) in [5, 5.41) is 8.84. The Labute approximate surface area is 148 Å². The molecule has 0 spiro atoms. The van der Waals surface area contributed by atoms with Crippen LogP contribution in [0.4, 0.5) is 18.9 Å². The van der Waals surface area contributed by atoms with Gasteiger partial charge in [-0.05, 0) is 30.2 Å². The van der Waals surface area contributed by atoms with Gasteiger partial charge in [-0.1, -0.05) is 6.07 Å². The fourth-order valence-corrected chi connectivity index (χ4v) is 3.80. The Bertz CT molecular complexity index is 826. The average Bonchev–Trinajstić information content (AvgIpc) is 3.22. The van der Waals surface area contributed by atoms with E-state index in [1.165, 1.54) is 12.3 Å². The van der Waals surface area contributed by atoms with Crippen LogP contribution in [0.15, 0.2) is 36.7 Å². The Hall–Kier alpha value is -2.66. The molecule has 0 N–H and O–H groups in total. The summed E-state index contributed by atoms with van der Waals surface area (Å²) in [6, 6.07) is 8.90. The molecule has 2 aromatic heterocycles. The van der Waals surface area contributed by atoms with Gasteiger partial charge < -0.3 is 4.90 Å². The third-order valence-electron chi connectivity index (χ3n) is 5.05. The Kier molecular flexibility index (Phi) is 4.04. The lowest BCUT2D eigenvalue weighted by molar-refractivity contribution is -0.141. The zero-order valence-corrected chi connectivity index (χ0v) is 13.8. The number of fused-ring (bicyclic) bond motifs is 2. The first kappa shape index (κ1) is 16.8. The molecule has 4 heterocycles. The molecular weight excluding hydrogens is 343 g/mol. The molecule has 2 aliphatic heterocycles. The summed E-state index contributed by atoms with van der Waals surface area (Å²) in [4.78, 5) is 12.2. The Morgan fingerprint density at radius 2 is 1.92 bits per heavy atom. The molecule has 134 valence electrons. The Morgan fingerprint density at radius 1 is 1.08 bits per heavy atom. The molecule has 2 atom stereocenters. The van der Waals surface area contributed by atoms with Crippen molar-refractivity contribution in [1.29, 1.82) is 5.26 Å². The number of anilines is 1. The molecule has 0 aromatic carbocycles. The average molecular weight is 359 g/mol. The second-order valence-corrected chi connectivity index (χ2v) is 6.69. The van der Waals surface area contributed by atoms with Crippen LogP contribution in [0.25, 0.3) is 0 Å². The maximum atomic E-state index is 12.6. The van der Waals surface area contributed by atoms with Crippen LogP contribution in [0, 0.1) is 11.3 Å². The minimum atomic E-state index is -4.40. The molecule has 2 bridgehead atoms. The minimum absolute atomic E-state index is 0.358. The monoisotopic (exact) mass is 359 g/mol. The first-order valence-corrected chi connectivity index (χ1v) is 8.33. The number of pyridine rings is 2. The van der Waals surface area contributed by atoms with Gasteiger partial charge >= 0.3 is 6.18 Å². The van der Waals surface area contributed by atoms with Crippen molar-refractivity contribution in [2.75, 3.05) is 18.0 Å². The van der Waals surface area contributed by atoms with Gasteiger partial charge in [0, 0.05) is 37.9 Å². The van der Waals surface area contributed by atoms with Crippen LogP contribution in [0.5, 0.6) is 0 Å². The van der Waals surface area contributed by atoms with Crippen molar-refractivity contribution in [2.24, 2.45) is 0 Å². The summed E-state index contributed by atoms with van der Waals surface area (Å²) in [6.07, 6.45) is -0.338. The van der Waals surface area contributed by atoms with Crippen molar-refractivity contribution in [3.05, 3.63) is 53.6 Å². The normalized spacial score (nSPS) is 22.6. The standard InChI is InChI=1S/C18H16F3N5/c19-18(20,21)17-4-1-12(7-24-17)9-25-10-16-5-15(25)11-26(16)14-3-2-13(6-22)23-8-14/h1-4,7-8,15-16H,5,9-11H2. The van der Waals surface area contributed by atoms with Gasteiger partial charge in [-0.3, -0.25) is 9.88 Å². The van der Waals surface area contributed by atoms with Crippen LogP contribution in [-0.4, -0.2) is 40.0 Å². The molecular formula is C18H16F3N5. The minimum Gasteiger partial charge on any atom is -0.364 e. The predicted octanol–water partition coefficient (Wildman–Crippen LogP) is 2.83. The van der Waals surface area contributed by atoms with Gasteiger partial charge in [0.05, 0.1) is 11.9 Å². The molecule has 2 fully saturated rings. The van der Waals surface area contributed by atoms with Gasteiger partial charge in [-0.25, -0.2) is 4.98 Å². The molecule has 0 radical (unpaired) electrons. The van der Waals surface area contributed by atoms with E-state index in [1.54, 1.807) is 12.3 Å². The van der Waals surface area contributed by atoms with Gasteiger partial charge in [-0.2, -0.15) is 18.4 Å². The number of piperazine rings is 1. The lowest BCUT2D eigenvalue weighted by atomic mass is 10.2. The van der Waals surface area contributed by atoms with Gasteiger partial charge in [0.15, 0.2) is 0 Å². The molecule has 0 aliphatic carbocycles. The fourth-order valence-electron chi connectivity index (χ4n) is 3.80. The van der Waals surface area contributed by atoms with E-state index in [0.717, 1.165) is 36.8 Å². The van der Waals surface area contributed by atoms with Crippen molar-refractivity contribution in [1.82, 2.24) is 14.9 Å². The molecule has 2 aromatic rings. The highest BCUT2D eigenvalue weighted by Crippen LogP contribution is 2.35. The summed E-state index contributed by atoms with van der Waals surface area (Å²) in [7, 11) is 0. The van der Waals surface area contributed by atoms with Gasteiger partial charge in [0.2, 0.25) is 0 Å². The summed E-state index contributed by atoms with van der Waals surface area (Å²) < 4.78 is 37.8. The SMILES string of the molecule is N#Cc1ccc(N2CC3CC2CN3Cc2ccc(C(F)(F)F)nc2)cn1. The molecule has 4 rings (SSSR count). The topological polar surface area (TPSA) is 56.1 Å². The number of nitrogens with zero attached hydrogens (tertiary/aromatic N) is 5. The van der Waals surface area contributed by atoms with Crippen LogP contribution in [-0.2, 0) is 12.7 Å². The quantitative estimate of drug-likeness (QED) is 0.844. The number of hydrogen-bond donors (Lipinski definition) is 0. The van der Waals surface area contributed by atoms with Crippen LogP contribution < -0.4 is 4.90 Å². The highest BCUT2D eigenvalue weighted by Gasteiger charge is 2.43. The molecule has 8 heteroatoms. The Morgan fingerprint density at radius 3 is 2.46 bits per heavy atom. The smallest absolute Gasteiger partial charge is 0.364 e. The van der Waals surface area contributed by atoms with Gasteiger partial charge in [0.1, 0.15) is 17.5 Å². The van der Waals surface area contributed by atoms with Crippen molar-refractivity contribution in [3.8, 4) is 6.07 Å². The second kappa shape index (κ2) is 6.25. The lowest BCUT2D eigenvalue weighted by Crippen LogP contribution is -2.46. The maximum Gasteiger partial charge on any atom is 0.433 e. The number of halogens is 3. The van der Waals surface area contributed by atoms with E-state index in [-0.39, 0.29) is 0 Å². The molecule has 5 nitrogen and oxygen atoms in total. The summed E-state index contributed by atoms with van der Waals surface area (Å²) in [5.41, 5.74) is 1.34. The number of rotatable bonds is 3. The predicted molar refractivity (Wildman–Crippen MR) is 88.1 cm³/mol. The van der Waals surface area contributed by atoms with E-state index in [4.69, 9.17) is 5.26 Å². The molecule has 0 saturated carbocycles. The molecule has 0 amide bonds. The van der Waals surface area contributed by atoms with Crippen LogP contribution >= 0.6 is 0 Å². The largest absolute Gasteiger partial charge is 0.433 e. The van der Waals surface area contributed by atoms with Crippen molar-refractivity contribution >= 4 is 5.69 Å². The first-order valence-electron chi connectivity index (χ1n) is 8.33. The zero-order valence-electron chi connectivity index (χ0n) is 13.8. The molecule has 26 heavy (non-hydrogen) atoms. The van der Waals surface area contributed by atoms with Crippen LogP contribution in [0.3, 0.4) is 0 Å². The molecule has 2 unspecified atom stereocenters. The summed E-state index contributed by atoms with van der Waals surface area (Å²) in [6.45, 7) is 2.31. The molecule has 2 saturated heterocycles. The number of aromatic nitrogens is 2. The van der Waals surface area contributed by atoms with Crippen LogP contribution in [0.2, 0.25) is 0 Å². The fraction of sp³-hybridized carbons (Fsp3) is 0.389. The maximum absolute atomic E-state index is 12.6. The second-order valence-electron chi connectivity index (χ2n) is 6.69. The third kappa shape index (κ3) is 3.10. The third-order valence-corrected chi connectivity index (χ3v) is 5.05. The van der Waals surface area contributed by atoms with E-state index in [0.29, 0.717) is 24.3 Å². The highest BCUT2D eigenvalue weighted by molar-refractivity contribution is 5.49. The van der Waals surface area contributed by atoms with Crippen molar-refractivity contribution < 1.29 is 13.2 Å². The van der Waals surface area contributed by atoms with E-state index in [2.05, 4.69) is 19.8 Å². The number of nitriles is 1. The van der Waals surface area contributed by atoms with Gasteiger partial charge in [0.25, 0.3) is 0 Å². The van der Waals surface area contributed by atoms with E-state index in [1.807, 2.05) is 12.1 Å².